The largest absolute Gasteiger partial charge is 0.297 e. The van der Waals surface area contributed by atoms with Crippen molar-refractivity contribution < 1.29 is 9.59 Å². The quantitative estimate of drug-likeness (QED) is 0.599. The van der Waals surface area contributed by atoms with Gasteiger partial charge in [-0.25, -0.2) is 0 Å². The number of hydrogen-bond donors (Lipinski definition) is 0. The second-order valence-corrected chi connectivity index (χ2v) is 4.63. The van der Waals surface area contributed by atoms with Gasteiger partial charge in [0.1, 0.15) is 0 Å². The molecule has 0 N–H and O–H groups in total. The summed E-state index contributed by atoms with van der Waals surface area (Å²) in [5, 5.41) is 0. The van der Waals surface area contributed by atoms with Crippen molar-refractivity contribution in [3.8, 4) is 0 Å². The Kier molecular flexibility index (Phi) is 2.97. The molecule has 1 heterocycles. The van der Waals surface area contributed by atoms with Gasteiger partial charge in [0.25, 0.3) is 0 Å². The molecule has 0 radical (unpaired) electrons. The van der Waals surface area contributed by atoms with Crippen LogP contribution in [0.3, 0.4) is 0 Å². The number of benzene rings is 1. The molecule has 0 bridgehead atoms. The van der Waals surface area contributed by atoms with Gasteiger partial charge in [-0.3, -0.25) is 9.59 Å². The maximum atomic E-state index is 12.0. The predicted octanol–water partition coefficient (Wildman–Crippen LogP) is 3.10. The van der Waals surface area contributed by atoms with Crippen LogP contribution in [0.4, 0.5) is 0 Å². The highest BCUT2D eigenvalue weighted by atomic mass is 32.1. The van der Waals surface area contributed by atoms with Gasteiger partial charge in [-0.1, -0.05) is 23.8 Å². The Bertz CT molecular complexity index is 540. The number of carbonyl (C=O) groups excluding carboxylic acids is 2. The minimum atomic E-state index is -0.0261. The average molecular weight is 230 g/mol. The third-order valence-corrected chi connectivity index (χ3v) is 3.26. The van der Waals surface area contributed by atoms with Crippen LogP contribution in [-0.4, -0.2) is 12.1 Å². The van der Waals surface area contributed by atoms with Crippen LogP contribution in [0.15, 0.2) is 36.4 Å². The summed E-state index contributed by atoms with van der Waals surface area (Å²) in [6.07, 6.45) is 0.762. The van der Waals surface area contributed by atoms with Crippen LogP contribution in [0.5, 0.6) is 0 Å². The van der Waals surface area contributed by atoms with E-state index in [0.29, 0.717) is 15.3 Å². The average Bonchev–Trinajstić information content (AvgIpc) is 2.76. The Hall–Kier alpha value is -1.74. The smallest absolute Gasteiger partial charge is 0.202 e. The molecule has 0 aliphatic heterocycles. The minimum Gasteiger partial charge on any atom is -0.297 e. The molecule has 16 heavy (non-hydrogen) atoms. The van der Waals surface area contributed by atoms with Gasteiger partial charge in [-0.05, 0) is 25.1 Å². The zero-order chi connectivity index (χ0) is 11.5. The monoisotopic (exact) mass is 230 g/mol. The second kappa shape index (κ2) is 4.41. The first-order valence-electron chi connectivity index (χ1n) is 4.87. The Morgan fingerprint density at radius 2 is 2.06 bits per heavy atom. The first kappa shape index (κ1) is 10.8. The SMILES string of the molecule is Cc1cccc(C(=O)c2ccc(C=O)s2)c1. The third-order valence-electron chi connectivity index (χ3n) is 2.25. The lowest BCUT2D eigenvalue weighted by molar-refractivity contribution is 0.104. The summed E-state index contributed by atoms with van der Waals surface area (Å²) in [5.41, 5.74) is 1.72. The summed E-state index contributed by atoms with van der Waals surface area (Å²) in [4.78, 5) is 23.7. The lowest BCUT2D eigenvalue weighted by Crippen LogP contribution is -1.98. The molecule has 3 heteroatoms. The van der Waals surface area contributed by atoms with E-state index in [1.54, 1.807) is 18.2 Å². The zero-order valence-electron chi connectivity index (χ0n) is 8.77. The molecule has 0 saturated carbocycles. The van der Waals surface area contributed by atoms with Gasteiger partial charge in [0.2, 0.25) is 5.78 Å². The normalized spacial score (nSPS) is 10.1. The fourth-order valence-electron chi connectivity index (χ4n) is 1.47. The van der Waals surface area contributed by atoms with Gasteiger partial charge in [0.15, 0.2) is 6.29 Å². The van der Waals surface area contributed by atoms with Crippen molar-refractivity contribution in [1.82, 2.24) is 0 Å². The molecule has 0 atom stereocenters. The van der Waals surface area contributed by atoms with E-state index in [1.807, 2.05) is 25.1 Å². The molecular formula is C13H10O2S. The number of thiophene rings is 1. The first-order valence-corrected chi connectivity index (χ1v) is 5.69. The number of hydrogen-bond acceptors (Lipinski definition) is 3. The molecule has 0 spiro atoms. The van der Waals surface area contributed by atoms with Crippen molar-refractivity contribution in [3.05, 3.63) is 57.3 Å². The Labute approximate surface area is 97.5 Å². The van der Waals surface area contributed by atoms with Crippen molar-refractivity contribution >= 4 is 23.4 Å². The topological polar surface area (TPSA) is 34.1 Å². The van der Waals surface area contributed by atoms with E-state index in [4.69, 9.17) is 0 Å². The lowest BCUT2D eigenvalue weighted by Gasteiger charge is -1.98. The molecule has 0 aliphatic rings. The minimum absolute atomic E-state index is 0.0261. The van der Waals surface area contributed by atoms with Gasteiger partial charge < -0.3 is 0 Å². The molecular weight excluding hydrogens is 220 g/mol. The fraction of sp³-hybridized carbons (Fsp3) is 0.0769. The molecule has 80 valence electrons. The molecule has 0 amide bonds. The van der Waals surface area contributed by atoms with Crippen LogP contribution < -0.4 is 0 Å². The van der Waals surface area contributed by atoms with E-state index >= 15 is 0 Å². The molecule has 2 aromatic rings. The molecule has 0 saturated heterocycles. The third kappa shape index (κ3) is 2.09. The fourth-order valence-corrected chi connectivity index (χ4v) is 2.25. The number of carbonyl (C=O) groups is 2. The van der Waals surface area contributed by atoms with Crippen molar-refractivity contribution in [1.29, 1.82) is 0 Å². The van der Waals surface area contributed by atoms with E-state index < -0.39 is 0 Å². The Balaban J connectivity index is 2.35. The number of aldehydes is 1. The molecule has 1 aromatic carbocycles. The summed E-state index contributed by atoms with van der Waals surface area (Å²) in [6, 6.07) is 10.8. The number of aryl methyl sites for hydroxylation is 1. The summed E-state index contributed by atoms with van der Waals surface area (Å²) in [7, 11) is 0. The Morgan fingerprint density at radius 3 is 2.69 bits per heavy atom. The summed E-state index contributed by atoms with van der Waals surface area (Å²) >= 11 is 1.22. The maximum Gasteiger partial charge on any atom is 0.202 e. The molecule has 0 aliphatic carbocycles. The summed E-state index contributed by atoms with van der Waals surface area (Å²) in [5.74, 6) is -0.0261. The standard InChI is InChI=1S/C13H10O2S/c1-9-3-2-4-10(7-9)13(15)12-6-5-11(8-14)16-12/h2-8H,1H3. The van der Waals surface area contributed by atoms with Gasteiger partial charge in [0.05, 0.1) is 9.75 Å². The second-order valence-electron chi connectivity index (χ2n) is 3.52. The highest BCUT2D eigenvalue weighted by Crippen LogP contribution is 2.19. The molecule has 2 nitrogen and oxygen atoms in total. The van der Waals surface area contributed by atoms with E-state index in [1.165, 1.54) is 11.3 Å². The van der Waals surface area contributed by atoms with Crippen molar-refractivity contribution in [2.75, 3.05) is 0 Å². The van der Waals surface area contributed by atoms with Crippen LogP contribution in [-0.2, 0) is 0 Å². The van der Waals surface area contributed by atoms with E-state index in [9.17, 15) is 9.59 Å². The van der Waals surface area contributed by atoms with Crippen LogP contribution >= 0.6 is 11.3 Å². The Morgan fingerprint density at radius 1 is 1.25 bits per heavy atom. The van der Waals surface area contributed by atoms with Crippen molar-refractivity contribution in [2.24, 2.45) is 0 Å². The van der Waals surface area contributed by atoms with Crippen LogP contribution in [0.1, 0.15) is 30.5 Å². The molecule has 1 aromatic heterocycles. The highest BCUT2D eigenvalue weighted by molar-refractivity contribution is 7.15. The van der Waals surface area contributed by atoms with Gasteiger partial charge in [-0.2, -0.15) is 0 Å². The molecule has 0 fully saturated rings. The summed E-state index contributed by atoms with van der Waals surface area (Å²) in [6.45, 7) is 1.95. The van der Waals surface area contributed by atoms with E-state index in [0.717, 1.165) is 11.8 Å². The first-order chi connectivity index (χ1) is 7.70. The van der Waals surface area contributed by atoms with Crippen molar-refractivity contribution in [2.45, 2.75) is 6.92 Å². The van der Waals surface area contributed by atoms with Gasteiger partial charge >= 0.3 is 0 Å². The van der Waals surface area contributed by atoms with Gasteiger partial charge in [-0.15, -0.1) is 11.3 Å². The predicted molar refractivity (Wildman–Crippen MR) is 64.3 cm³/mol. The lowest BCUT2D eigenvalue weighted by atomic mass is 10.1. The maximum absolute atomic E-state index is 12.0. The highest BCUT2D eigenvalue weighted by Gasteiger charge is 2.11. The van der Waals surface area contributed by atoms with E-state index in [2.05, 4.69) is 0 Å². The molecule has 0 unspecified atom stereocenters. The van der Waals surface area contributed by atoms with Gasteiger partial charge in [0, 0.05) is 5.56 Å². The molecule has 2 rings (SSSR count). The number of rotatable bonds is 3. The zero-order valence-corrected chi connectivity index (χ0v) is 9.58. The number of ketones is 1. The van der Waals surface area contributed by atoms with Crippen LogP contribution in [0.25, 0.3) is 0 Å². The van der Waals surface area contributed by atoms with Crippen molar-refractivity contribution in [3.63, 3.8) is 0 Å². The van der Waals surface area contributed by atoms with Crippen LogP contribution in [0, 0.1) is 6.92 Å². The van der Waals surface area contributed by atoms with Crippen LogP contribution in [0.2, 0.25) is 0 Å². The summed E-state index contributed by atoms with van der Waals surface area (Å²) < 4.78 is 0. The van der Waals surface area contributed by atoms with E-state index in [-0.39, 0.29) is 5.78 Å².